The molecule has 3 nitrogen and oxygen atoms in total. The van der Waals surface area contributed by atoms with Crippen molar-refractivity contribution in [2.75, 3.05) is 0 Å². The fraction of sp³-hybridized carbons (Fsp3) is 0.0769. The Bertz CT molecular complexity index is 584. The minimum atomic E-state index is 0.457. The summed E-state index contributed by atoms with van der Waals surface area (Å²) < 4.78 is 1.88. The first-order valence-electron chi connectivity index (χ1n) is 5.13. The summed E-state index contributed by atoms with van der Waals surface area (Å²) in [7, 11) is 0. The van der Waals surface area contributed by atoms with E-state index >= 15 is 0 Å². The van der Waals surface area contributed by atoms with Crippen LogP contribution in [0.2, 0.25) is 5.15 Å². The molecule has 86 valence electrons. The maximum absolute atomic E-state index is 5.90. The molecule has 0 spiro atoms. The van der Waals surface area contributed by atoms with Crippen LogP contribution in [0.25, 0.3) is 23.5 Å². The van der Waals surface area contributed by atoms with Crippen LogP contribution in [0.1, 0.15) is 11.5 Å². The van der Waals surface area contributed by atoms with E-state index in [0.29, 0.717) is 5.15 Å². The van der Waals surface area contributed by atoms with Gasteiger partial charge in [-0.2, -0.15) is 0 Å². The third kappa shape index (κ3) is 2.01. The molecule has 0 amide bonds. The summed E-state index contributed by atoms with van der Waals surface area (Å²) in [6.07, 6.45) is 5.08. The lowest BCUT2D eigenvalue weighted by atomic mass is 10.1. The minimum absolute atomic E-state index is 0.457. The van der Waals surface area contributed by atoms with E-state index in [0.717, 1.165) is 22.8 Å². The molecule has 0 aliphatic carbocycles. The molecule has 0 aliphatic heterocycles. The van der Waals surface area contributed by atoms with Gasteiger partial charge in [-0.1, -0.05) is 24.8 Å². The van der Waals surface area contributed by atoms with Crippen LogP contribution in [0.15, 0.2) is 31.5 Å². The fourth-order valence-corrected chi connectivity index (χ4v) is 1.97. The summed E-state index contributed by atoms with van der Waals surface area (Å²) in [5, 5.41) is 0.457. The van der Waals surface area contributed by atoms with Crippen LogP contribution < -0.4 is 0 Å². The summed E-state index contributed by atoms with van der Waals surface area (Å²) in [5.74, 6) is 0.764. The number of aryl methyl sites for hydroxylation is 1. The molecule has 17 heavy (non-hydrogen) atoms. The van der Waals surface area contributed by atoms with Crippen LogP contribution in [0.5, 0.6) is 0 Å². The van der Waals surface area contributed by atoms with Crippen molar-refractivity contribution in [2.24, 2.45) is 0 Å². The van der Waals surface area contributed by atoms with Gasteiger partial charge in [-0.05, 0) is 25.1 Å². The van der Waals surface area contributed by atoms with E-state index in [1.807, 2.05) is 17.6 Å². The lowest BCUT2D eigenvalue weighted by Gasteiger charge is -2.05. The summed E-state index contributed by atoms with van der Waals surface area (Å²) >= 11 is 5.90. The molecule has 0 atom stereocenters. The molecular formula is C13H12ClN3. The first kappa shape index (κ1) is 11.6. The van der Waals surface area contributed by atoms with Crippen LogP contribution in [0.3, 0.4) is 0 Å². The van der Waals surface area contributed by atoms with Crippen molar-refractivity contribution in [3.8, 4) is 11.3 Å². The highest BCUT2D eigenvalue weighted by atomic mass is 35.5. The topological polar surface area (TPSA) is 30.7 Å². The summed E-state index contributed by atoms with van der Waals surface area (Å²) in [6, 6.07) is 3.70. The van der Waals surface area contributed by atoms with E-state index < -0.39 is 0 Å². The normalized spacial score (nSPS) is 10.2. The molecule has 4 heteroatoms. The van der Waals surface area contributed by atoms with Crippen LogP contribution in [0.4, 0.5) is 0 Å². The predicted octanol–water partition coefficient (Wildman–Crippen LogP) is 3.65. The van der Waals surface area contributed by atoms with Gasteiger partial charge in [0.05, 0.1) is 11.4 Å². The van der Waals surface area contributed by atoms with Crippen molar-refractivity contribution in [3.63, 3.8) is 0 Å². The Morgan fingerprint density at radius 1 is 1.41 bits per heavy atom. The van der Waals surface area contributed by atoms with Crippen molar-refractivity contribution in [1.29, 1.82) is 0 Å². The van der Waals surface area contributed by atoms with Crippen molar-refractivity contribution < 1.29 is 0 Å². The first-order valence-corrected chi connectivity index (χ1v) is 5.51. The van der Waals surface area contributed by atoms with E-state index in [9.17, 15) is 0 Å². The number of hydrogen-bond acceptors (Lipinski definition) is 2. The average Bonchev–Trinajstić information content (AvgIpc) is 2.65. The average molecular weight is 246 g/mol. The van der Waals surface area contributed by atoms with Gasteiger partial charge >= 0.3 is 0 Å². The standard InChI is InChI=1S/C13H12ClN3/c1-4-12-16-9(3)13(17(12)5-2)10-6-7-15-11(14)8-10/h4-8H,1-2H2,3H3. The Kier molecular flexibility index (Phi) is 3.11. The van der Waals surface area contributed by atoms with Crippen molar-refractivity contribution in [3.05, 3.63) is 48.2 Å². The van der Waals surface area contributed by atoms with E-state index in [1.54, 1.807) is 24.5 Å². The zero-order valence-electron chi connectivity index (χ0n) is 9.52. The van der Waals surface area contributed by atoms with Gasteiger partial charge in [-0.3, -0.25) is 0 Å². The second kappa shape index (κ2) is 4.55. The molecule has 2 heterocycles. The van der Waals surface area contributed by atoms with Gasteiger partial charge in [0.25, 0.3) is 0 Å². The van der Waals surface area contributed by atoms with Crippen LogP contribution >= 0.6 is 11.6 Å². The molecule has 0 radical (unpaired) electrons. The van der Waals surface area contributed by atoms with Gasteiger partial charge in [0.15, 0.2) is 0 Å². The Balaban J connectivity index is 2.70. The Hall–Kier alpha value is -1.87. The summed E-state index contributed by atoms with van der Waals surface area (Å²) in [4.78, 5) is 8.38. The number of halogens is 1. The van der Waals surface area contributed by atoms with Gasteiger partial charge in [-0.15, -0.1) is 0 Å². The highest BCUT2D eigenvalue weighted by Crippen LogP contribution is 2.26. The van der Waals surface area contributed by atoms with Crippen molar-refractivity contribution in [1.82, 2.24) is 14.5 Å². The van der Waals surface area contributed by atoms with Gasteiger partial charge in [-0.25, -0.2) is 9.97 Å². The highest BCUT2D eigenvalue weighted by molar-refractivity contribution is 6.29. The van der Waals surface area contributed by atoms with E-state index in [1.165, 1.54) is 0 Å². The van der Waals surface area contributed by atoms with Gasteiger partial charge < -0.3 is 4.57 Å². The second-order valence-electron chi connectivity index (χ2n) is 3.53. The number of imidazole rings is 1. The molecule has 2 aromatic heterocycles. The lowest BCUT2D eigenvalue weighted by Crippen LogP contribution is -1.93. The maximum Gasteiger partial charge on any atom is 0.136 e. The zero-order valence-corrected chi connectivity index (χ0v) is 10.3. The zero-order chi connectivity index (χ0) is 12.4. The quantitative estimate of drug-likeness (QED) is 0.773. The Labute approximate surface area is 105 Å². The number of rotatable bonds is 3. The van der Waals surface area contributed by atoms with Crippen molar-refractivity contribution in [2.45, 2.75) is 6.92 Å². The van der Waals surface area contributed by atoms with Crippen LogP contribution in [-0.4, -0.2) is 14.5 Å². The third-order valence-corrected chi connectivity index (χ3v) is 2.68. The molecule has 0 N–H and O–H groups in total. The molecule has 0 saturated heterocycles. The molecule has 2 aromatic rings. The second-order valence-corrected chi connectivity index (χ2v) is 3.92. The minimum Gasteiger partial charge on any atom is -0.300 e. The molecule has 0 aliphatic rings. The summed E-state index contributed by atoms with van der Waals surface area (Å²) in [6.45, 7) is 9.46. The smallest absolute Gasteiger partial charge is 0.136 e. The highest BCUT2D eigenvalue weighted by Gasteiger charge is 2.12. The van der Waals surface area contributed by atoms with E-state index in [-0.39, 0.29) is 0 Å². The SMILES string of the molecule is C=Cc1nc(C)c(-c2ccnc(Cl)c2)n1C=C. The first-order chi connectivity index (χ1) is 8.17. The van der Waals surface area contributed by atoms with Crippen LogP contribution in [-0.2, 0) is 0 Å². The monoisotopic (exact) mass is 245 g/mol. The third-order valence-electron chi connectivity index (χ3n) is 2.48. The van der Waals surface area contributed by atoms with Gasteiger partial charge in [0.1, 0.15) is 11.0 Å². The van der Waals surface area contributed by atoms with E-state index in [4.69, 9.17) is 11.6 Å². The molecule has 0 aromatic carbocycles. The maximum atomic E-state index is 5.90. The molecule has 2 rings (SSSR count). The summed E-state index contributed by atoms with van der Waals surface area (Å²) in [5.41, 5.74) is 2.82. The predicted molar refractivity (Wildman–Crippen MR) is 71.7 cm³/mol. The Morgan fingerprint density at radius 2 is 2.18 bits per heavy atom. The van der Waals surface area contributed by atoms with Crippen LogP contribution in [0, 0.1) is 6.92 Å². The molecular weight excluding hydrogens is 234 g/mol. The van der Waals surface area contributed by atoms with Gasteiger partial charge in [0.2, 0.25) is 0 Å². The van der Waals surface area contributed by atoms with Crippen molar-refractivity contribution >= 4 is 23.9 Å². The molecule has 0 saturated carbocycles. The largest absolute Gasteiger partial charge is 0.300 e. The fourth-order valence-electron chi connectivity index (χ4n) is 1.79. The number of hydrogen-bond donors (Lipinski definition) is 0. The number of aromatic nitrogens is 3. The number of nitrogens with zero attached hydrogens (tertiary/aromatic N) is 3. The number of pyridine rings is 1. The van der Waals surface area contributed by atoms with E-state index in [2.05, 4.69) is 23.1 Å². The lowest BCUT2D eigenvalue weighted by molar-refractivity contribution is 1.11. The molecule has 0 unspecified atom stereocenters. The van der Waals surface area contributed by atoms with Gasteiger partial charge in [0, 0.05) is 18.0 Å². The Morgan fingerprint density at radius 3 is 2.76 bits per heavy atom. The molecule has 0 bridgehead atoms. The molecule has 0 fully saturated rings.